The average molecular weight is 362 g/mol. The molecule has 0 N–H and O–H groups in total. The molecule has 136 valence electrons. The zero-order chi connectivity index (χ0) is 18.0. The van der Waals surface area contributed by atoms with Gasteiger partial charge in [0.1, 0.15) is 0 Å². The molecule has 1 saturated heterocycles. The molecule has 1 aliphatic heterocycles. The molecule has 25 heavy (non-hydrogen) atoms. The van der Waals surface area contributed by atoms with Gasteiger partial charge in [-0.2, -0.15) is 5.10 Å². The fraction of sp³-hybridized carbons (Fsp3) is 0.556. The fourth-order valence-corrected chi connectivity index (χ4v) is 4.44. The molecule has 2 aromatic rings. The van der Waals surface area contributed by atoms with Crippen LogP contribution < -0.4 is 0 Å². The number of nitrogens with zero attached hydrogens (tertiary/aromatic N) is 4. The first-order chi connectivity index (χ1) is 11.8. The van der Waals surface area contributed by atoms with Crippen molar-refractivity contribution in [3.8, 4) is 11.4 Å². The minimum Gasteiger partial charge on any atom is -0.261 e. The topological polar surface area (TPSA) is 68.1 Å². The van der Waals surface area contributed by atoms with Gasteiger partial charge in [0.15, 0.2) is 0 Å². The molecule has 7 heteroatoms. The number of sulfonamides is 1. The molecular formula is C18H26N4O2S. The van der Waals surface area contributed by atoms with Crippen LogP contribution in [0.5, 0.6) is 0 Å². The smallest absolute Gasteiger partial charge is 0.211 e. The first kappa shape index (κ1) is 18.1. The number of hydrogen-bond acceptors (Lipinski definition) is 4. The molecule has 1 fully saturated rings. The number of pyridine rings is 1. The van der Waals surface area contributed by atoms with E-state index in [2.05, 4.69) is 30.0 Å². The van der Waals surface area contributed by atoms with Crippen LogP contribution in [0.25, 0.3) is 11.4 Å². The van der Waals surface area contributed by atoms with E-state index in [9.17, 15) is 8.42 Å². The second kappa shape index (κ2) is 7.25. The van der Waals surface area contributed by atoms with Crippen LogP contribution in [0.15, 0.2) is 30.6 Å². The summed E-state index contributed by atoms with van der Waals surface area (Å²) in [5.74, 6) is 0.355. The second-order valence-corrected chi connectivity index (χ2v) is 9.12. The number of rotatable bonds is 5. The molecule has 1 atom stereocenters. The van der Waals surface area contributed by atoms with Gasteiger partial charge >= 0.3 is 0 Å². The van der Waals surface area contributed by atoms with E-state index in [-0.39, 0.29) is 6.04 Å². The summed E-state index contributed by atoms with van der Waals surface area (Å²) in [7, 11) is -3.10. The minimum absolute atomic E-state index is 0.275. The molecule has 0 unspecified atom stereocenters. The highest BCUT2D eigenvalue weighted by Crippen LogP contribution is 2.25. The van der Waals surface area contributed by atoms with Gasteiger partial charge in [0.25, 0.3) is 0 Å². The summed E-state index contributed by atoms with van der Waals surface area (Å²) in [6.45, 7) is 5.45. The van der Waals surface area contributed by atoms with E-state index in [4.69, 9.17) is 0 Å². The van der Waals surface area contributed by atoms with Crippen molar-refractivity contribution in [1.29, 1.82) is 0 Å². The molecule has 0 spiro atoms. The Bertz CT molecular complexity index is 829. The Labute approximate surface area is 149 Å². The van der Waals surface area contributed by atoms with Gasteiger partial charge in [-0.3, -0.25) is 9.67 Å². The van der Waals surface area contributed by atoms with E-state index in [0.29, 0.717) is 19.0 Å². The molecule has 0 saturated carbocycles. The standard InChI is InChI=1S/C18H26N4O2S/c1-14(2)22-18(7-9-20-22)17-12-15(6-8-19-17)11-16-5-4-10-21(13-16)25(3,23)24/h6-9,12,14,16H,4-5,10-11,13H2,1-3H3/t16-/m1/s1. The molecule has 2 aromatic heterocycles. The summed E-state index contributed by atoms with van der Waals surface area (Å²) in [4.78, 5) is 4.51. The Balaban J connectivity index is 1.77. The van der Waals surface area contributed by atoms with Crippen LogP contribution in [0.3, 0.4) is 0 Å². The summed E-state index contributed by atoms with van der Waals surface area (Å²) in [5.41, 5.74) is 3.12. The number of hydrogen-bond donors (Lipinski definition) is 0. The lowest BCUT2D eigenvalue weighted by Crippen LogP contribution is -2.39. The normalized spacial score (nSPS) is 19.4. The highest BCUT2D eigenvalue weighted by Gasteiger charge is 2.26. The van der Waals surface area contributed by atoms with Crippen molar-refractivity contribution in [3.63, 3.8) is 0 Å². The van der Waals surface area contributed by atoms with E-state index < -0.39 is 10.0 Å². The summed E-state index contributed by atoms with van der Waals surface area (Å²) < 4.78 is 27.2. The van der Waals surface area contributed by atoms with Crippen molar-refractivity contribution >= 4 is 10.0 Å². The van der Waals surface area contributed by atoms with E-state index in [1.807, 2.05) is 23.0 Å². The van der Waals surface area contributed by atoms with Crippen molar-refractivity contribution in [3.05, 3.63) is 36.2 Å². The van der Waals surface area contributed by atoms with Crippen molar-refractivity contribution in [2.24, 2.45) is 5.92 Å². The maximum Gasteiger partial charge on any atom is 0.211 e. The van der Waals surface area contributed by atoms with Crippen molar-refractivity contribution < 1.29 is 8.42 Å². The molecule has 0 bridgehead atoms. The van der Waals surface area contributed by atoms with Gasteiger partial charge in [0, 0.05) is 31.5 Å². The Kier molecular flexibility index (Phi) is 5.24. The summed E-state index contributed by atoms with van der Waals surface area (Å²) in [6, 6.07) is 6.39. The highest BCUT2D eigenvalue weighted by molar-refractivity contribution is 7.88. The van der Waals surface area contributed by atoms with Gasteiger partial charge in [0.2, 0.25) is 10.0 Å². The van der Waals surface area contributed by atoms with Crippen LogP contribution in [0.2, 0.25) is 0 Å². The Hall–Kier alpha value is -1.73. The third-order valence-corrected chi connectivity index (χ3v) is 5.99. The maximum absolute atomic E-state index is 11.8. The fourth-order valence-electron chi connectivity index (χ4n) is 3.50. The van der Waals surface area contributed by atoms with Crippen molar-refractivity contribution in [2.45, 2.75) is 39.2 Å². The van der Waals surface area contributed by atoms with E-state index >= 15 is 0 Å². The first-order valence-corrected chi connectivity index (χ1v) is 10.6. The van der Waals surface area contributed by atoms with E-state index in [0.717, 1.165) is 30.7 Å². The molecule has 0 radical (unpaired) electrons. The molecule has 3 heterocycles. The predicted octanol–water partition coefficient (Wildman–Crippen LogP) is 2.74. The van der Waals surface area contributed by atoms with Gasteiger partial charge in [-0.25, -0.2) is 12.7 Å². The van der Waals surface area contributed by atoms with Crippen molar-refractivity contribution in [1.82, 2.24) is 19.1 Å². The third-order valence-electron chi connectivity index (χ3n) is 4.72. The molecule has 1 aliphatic rings. The Morgan fingerprint density at radius 3 is 2.80 bits per heavy atom. The molecular weight excluding hydrogens is 336 g/mol. The zero-order valence-corrected chi connectivity index (χ0v) is 15.9. The largest absolute Gasteiger partial charge is 0.261 e. The van der Waals surface area contributed by atoms with Crippen LogP contribution in [0, 0.1) is 5.92 Å². The summed E-state index contributed by atoms with van der Waals surface area (Å²) in [5, 5.41) is 4.38. The Morgan fingerprint density at radius 1 is 1.28 bits per heavy atom. The van der Waals surface area contributed by atoms with Gasteiger partial charge < -0.3 is 0 Å². The van der Waals surface area contributed by atoms with Gasteiger partial charge in [-0.1, -0.05) is 0 Å². The quantitative estimate of drug-likeness (QED) is 0.820. The molecule has 0 aliphatic carbocycles. The van der Waals surface area contributed by atoms with Crippen LogP contribution in [0.4, 0.5) is 0 Å². The number of aromatic nitrogens is 3. The molecule has 0 aromatic carbocycles. The second-order valence-electron chi connectivity index (χ2n) is 7.14. The Morgan fingerprint density at radius 2 is 2.08 bits per heavy atom. The zero-order valence-electron chi connectivity index (χ0n) is 15.1. The predicted molar refractivity (Wildman–Crippen MR) is 98.7 cm³/mol. The summed E-state index contributed by atoms with van der Waals surface area (Å²) >= 11 is 0. The SMILES string of the molecule is CC(C)n1nccc1-c1cc(C[C@H]2CCCN(S(C)(=O)=O)C2)ccn1. The molecule has 3 rings (SSSR count). The van der Waals surface area contributed by atoms with E-state index in [1.54, 1.807) is 10.5 Å². The first-order valence-electron chi connectivity index (χ1n) is 8.78. The number of piperidine rings is 1. The van der Waals surface area contributed by atoms with Crippen LogP contribution >= 0.6 is 0 Å². The highest BCUT2D eigenvalue weighted by atomic mass is 32.2. The molecule has 0 amide bonds. The van der Waals surface area contributed by atoms with Crippen LogP contribution in [-0.4, -0.2) is 46.8 Å². The van der Waals surface area contributed by atoms with Gasteiger partial charge in [0.05, 0.1) is 17.6 Å². The van der Waals surface area contributed by atoms with Gasteiger partial charge in [-0.05, 0) is 62.8 Å². The lowest BCUT2D eigenvalue weighted by Gasteiger charge is -2.31. The lowest BCUT2D eigenvalue weighted by atomic mass is 9.92. The molecule has 6 nitrogen and oxygen atoms in total. The van der Waals surface area contributed by atoms with Gasteiger partial charge in [-0.15, -0.1) is 0 Å². The average Bonchev–Trinajstić information content (AvgIpc) is 3.04. The lowest BCUT2D eigenvalue weighted by molar-refractivity contribution is 0.267. The van der Waals surface area contributed by atoms with Crippen molar-refractivity contribution in [2.75, 3.05) is 19.3 Å². The maximum atomic E-state index is 11.8. The monoisotopic (exact) mass is 362 g/mol. The van der Waals surface area contributed by atoms with Crippen LogP contribution in [-0.2, 0) is 16.4 Å². The minimum atomic E-state index is -3.10. The van der Waals surface area contributed by atoms with Crippen LogP contribution in [0.1, 0.15) is 38.3 Å². The third kappa shape index (κ3) is 4.27. The van der Waals surface area contributed by atoms with E-state index in [1.165, 1.54) is 11.8 Å². The summed E-state index contributed by atoms with van der Waals surface area (Å²) in [6.07, 6.45) is 7.79.